The van der Waals surface area contributed by atoms with Crippen molar-refractivity contribution in [2.45, 2.75) is 32.1 Å². The molecule has 2 aromatic carbocycles. The maximum absolute atomic E-state index is 13.2. The van der Waals surface area contributed by atoms with Crippen molar-refractivity contribution in [2.75, 3.05) is 10.6 Å². The lowest BCUT2D eigenvalue weighted by molar-refractivity contribution is -0.137. The molecule has 0 radical (unpaired) electrons. The maximum Gasteiger partial charge on any atom is 0.417 e. The van der Waals surface area contributed by atoms with Crippen molar-refractivity contribution < 1.29 is 26.4 Å². The monoisotopic (exact) mass is 448 g/mol. The predicted molar refractivity (Wildman–Crippen MR) is 106 cm³/mol. The third kappa shape index (κ3) is 5.63. The topological polar surface area (TPSA) is 66.5 Å². The highest BCUT2D eigenvalue weighted by Gasteiger charge is 2.36. The number of anilines is 1. The van der Waals surface area contributed by atoms with Crippen LogP contribution in [0, 0.1) is 0 Å². The second kappa shape index (κ2) is 8.62. The van der Waals surface area contributed by atoms with Gasteiger partial charge in [-0.25, -0.2) is 8.42 Å². The normalized spacial score (nSPS) is 14.2. The van der Waals surface area contributed by atoms with Crippen LogP contribution in [0.3, 0.4) is 0 Å². The average molecular weight is 449 g/mol. The number of nitrogens with one attached hydrogen (secondary N) is 1. The Bertz CT molecular complexity index is 982. The van der Waals surface area contributed by atoms with Crippen LogP contribution in [0.5, 0.6) is 0 Å². The van der Waals surface area contributed by atoms with Crippen LogP contribution in [0.1, 0.15) is 31.0 Å². The van der Waals surface area contributed by atoms with Crippen LogP contribution in [0.15, 0.2) is 48.5 Å². The molecule has 0 saturated heterocycles. The van der Waals surface area contributed by atoms with Gasteiger partial charge in [0.25, 0.3) is 0 Å². The van der Waals surface area contributed by atoms with E-state index in [1.807, 2.05) is 6.07 Å². The quantitative estimate of drug-likeness (QED) is 0.712. The second-order valence-electron chi connectivity index (χ2n) is 6.54. The molecular weight excluding hydrogens is 429 g/mol. The number of benzene rings is 2. The van der Waals surface area contributed by atoms with Gasteiger partial charge in [0.1, 0.15) is 6.04 Å². The lowest BCUT2D eigenvalue weighted by Gasteiger charge is -2.30. The van der Waals surface area contributed by atoms with Gasteiger partial charge in [0.15, 0.2) is 0 Å². The molecule has 29 heavy (non-hydrogen) atoms. The molecule has 2 aromatic rings. The molecule has 10 heteroatoms. The summed E-state index contributed by atoms with van der Waals surface area (Å²) in [6.45, 7) is 3.02. The zero-order valence-electron chi connectivity index (χ0n) is 15.9. The third-order valence-electron chi connectivity index (χ3n) is 4.26. The van der Waals surface area contributed by atoms with E-state index in [9.17, 15) is 26.4 Å². The lowest BCUT2D eigenvalue weighted by Crippen LogP contribution is -2.48. The van der Waals surface area contributed by atoms with Crippen LogP contribution in [0.4, 0.5) is 18.9 Å². The molecule has 1 N–H and O–H groups in total. The number of hydrogen-bond acceptors (Lipinski definition) is 3. The average Bonchev–Trinajstić information content (AvgIpc) is 2.61. The molecular formula is C19H20ClF3N2O3S. The first-order chi connectivity index (χ1) is 13.3. The number of sulfonamides is 1. The highest BCUT2D eigenvalue weighted by Crippen LogP contribution is 2.37. The van der Waals surface area contributed by atoms with E-state index >= 15 is 0 Å². The molecule has 2 rings (SSSR count). The van der Waals surface area contributed by atoms with Gasteiger partial charge in [-0.05, 0) is 37.6 Å². The molecule has 0 aliphatic heterocycles. The Morgan fingerprint density at radius 2 is 1.69 bits per heavy atom. The fraction of sp³-hybridized carbons (Fsp3) is 0.316. The summed E-state index contributed by atoms with van der Waals surface area (Å²) in [5.74, 6) is -0.657. The predicted octanol–water partition coefficient (Wildman–Crippen LogP) is 4.39. The van der Waals surface area contributed by atoms with Crippen molar-refractivity contribution in [3.05, 3.63) is 64.7 Å². The number of carbonyl (C=O) groups excluding carboxylic acids is 1. The summed E-state index contributed by atoms with van der Waals surface area (Å²) in [7, 11) is -4.08. The van der Waals surface area contributed by atoms with E-state index in [1.54, 1.807) is 31.2 Å². The number of nitrogens with zero attached hydrogens (tertiary/aromatic N) is 1. The van der Waals surface area contributed by atoms with Crippen molar-refractivity contribution in [3.63, 3.8) is 0 Å². The van der Waals surface area contributed by atoms with Crippen LogP contribution < -0.4 is 9.62 Å². The summed E-state index contributed by atoms with van der Waals surface area (Å²) in [6, 6.07) is 9.95. The van der Waals surface area contributed by atoms with E-state index < -0.39 is 44.8 Å². The smallest absolute Gasteiger partial charge is 0.348 e. The van der Waals surface area contributed by atoms with Crippen LogP contribution in [0.2, 0.25) is 5.02 Å². The minimum atomic E-state index is -4.77. The fourth-order valence-corrected chi connectivity index (χ4v) is 4.23. The van der Waals surface area contributed by atoms with Gasteiger partial charge in [-0.3, -0.25) is 9.10 Å². The van der Waals surface area contributed by atoms with Gasteiger partial charge in [-0.2, -0.15) is 13.2 Å². The Morgan fingerprint density at radius 3 is 2.21 bits per heavy atom. The van der Waals surface area contributed by atoms with Crippen LogP contribution in [-0.2, 0) is 21.0 Å². The Kier molecular flexibility index (Phi) is 6.85. The van der Waals surface area contributed by atoms with Gasteiger partial charge in [0, 0.05) is 0 Å². The number of rotatable bonds is 6. The zero-order chi connectivity index (χ0) is 22.0. The first-order valence-electron chi connectivity index (χ1n) is 8.54. The minimum absolute atomic E-state index is 0.306. The Labute approximate surface area is 172 Å². The van der Waals surface area contributed by atoms with Crippen molar-refractivity contribution >= 4 is 33.2 Å². The van der Waals surface area contributed by atoms with Gasteiger partial charge >= 0.3 is 6.18 Å². The van der Waals surface area contributed by atoms with E-state index in [0.717, 1.165) is 24.0 Å². The van der Waals surface area contributed by atoms with E-state index in [4.69, 9.17) is 11.6 Å². The summed E-state index contributed by atoms with van der Waals surface area (Å²) < 4.78 is 64.8. The lowest BCUT2D eigenvalue weighted by atomic mass is 10.1. The molecule has 0 heterocycles. The number of carbonyl (C=O) groups is 1. The summed E-state index contributed by atoms with van der Waals surface area (Å²) in [6.07, 6.45) is -3.96. The summed E-state index contributed by atoms with van der Waals surface area (Å²) >= 11 is 5.61. The largest absolute Gasteiger partial charge is 0.417 e. The van der Waals surface area contributed by atoms with Crippen molar-refractivity contribution in [1.82, 2.24) is 5.32 Å². The molecule has 1 amide bonds. The van der Waals surface area contributed by atoms with E-state index in [0.29, 0.717) is 10.4 Å². The number of halogens is 4. The van der Waals surface area contributed by atoms with Gasteiger partial charge in [0.2, 0.25) is 15.9 Å². The summed E-state index contributed by atoms with van der Waals surface area (Å²) in [4.78, 5) is 12.7. The van der Waals surface area contributed by atoms with Crippen LogP contribution in [-0.4, -0.2) is 26.6 Å². The molecule has 158 valence electrons. The van der Waals surface area contributed by atoms with E-state index in [2.05, 4.69) is 5.32 Å². The van der Waals surface area contributed by atoms with Gasteiger partial charge in [0.05, 0.1) is 28.6 Å². The van der Waals surface area contributed by atoms with E-state index in [1.165, 1.54) is 6.92 Å². The number of hydrogen-bond donors (Lipinski definition) is 1. The molecule has 0 saturated carbocycles. The fourth-order valence-electron chi connectivity index (χ4n) is 2.84. The van der Waals surface area contributed by atoms with Crippen LogP contribution in [0.25, 0.3) is 0 Å². The summed E-state index contributed by atoms with van der Waals surface area (Å²) in [5.41, 5.74) is -0.695. The molecule has 0 fully saturated rings. The standard InChI is InChI=1S/C19H20ClF3N2O3S/c1-12(14-7-5-4-6-8-14)24-18(26)13(2)25(29(3,27)28)15-9-10-17(20)16(11-15)19(21,22)23/h4-13H,1-3H3,(H,24,26)/t12-,13?/m1/s1. The summed E-state index contributed by atoms with van der Waals surface area (Å²) in [5, 5.41) is 2.12. The van der Waals surface area contributed by atoms with Crippen LogP contribution >= 0.6 is 11.6 Å². The second-order valence-corrected chi connectivity index (χ2v) is 8.80. The van der Waals surface area contributed by atoms with E-state index in [-0.39, 0.29) is 5.69 Å². The number of alkyl halides is 3. The molecule has 0 aromatic heterocycles. The maximum atomic E-state index is 13.2. The molecule has 0 aliphatic carbocycles. The third-order valence-corrected chi connectivity index (χ3v) is 5.83. The van der Waals surface area contributed by atoms with Gasteiger partial charge in [-0.15, -0.1) is 0 Å². The van der Waals surface area contributed by atoms with Gasteiger partial charge < -0.3 is 5.32 Å². The molecule has 0 bridgehead atoms. The Hall–Kier alpha value is -2.26. The highest BCUT2D eigenvalue weighted by molar-refractivity contribution is 7.92. The highest BCUT2D eigenvalue weighted by atomic mass is 35.5. The number of amides is 1. The first kappa shape index (κ1) is 23.0. The van der Waals surface area contributed by atoms with Gasteiger partial charge in [-0.1, -0.05) is 41.9 Å². The first-order valence-corrected chi connectivity index (χ1v) is 10.8. The van der Waals surface area contributed by atoms with Crippen molar-refractivity contribution in [1.29, 1.82) is 0 Å². The van der Waals surface area contributed by atoms with Crippen molar-refractivity contribution in [2.24, 2.45) is 0 Å². The SMILES string of the molecule is CC(C(=O)N[C@H](C)c1ccccc1)N(c1ccc(Cl)c(C(F)(F)F)c1)S(C)(=O)=O. The molecule has 0 spiro atoms. The molecule has 2 atom stereocenters. The molecule has 5 nitrogen and oxygen atoms in total. The Morgan fingerprint density at radius 1 is 1.10 bits per heavy atom. The Balaban J connectivity index is 2.37. The molecule has 1 unspecified atom stereocenters. The van der Waals surface area contributed by atoms with Crippen molar-refractivity contribution in [3.8, 4) is 0 Å². The minimum Gasteiger partial charge on any atom is -0.348 e. The molecule has 0 aliphatic rings. The zero-order valence-corrected chi connectivity index (χ0v) is 17.4.